The zero-order valence-corrected chi connectivity index (χ0v) is 16.1. The number of hydrogen-bond donors (Lipinski definition) is 3. The van der Waals surface area contributed by atoms with Gasteiger partial charge in [-0.1, -0.05) is 10.8 Å². The van der Waals surface area contributed by atoms with Gasteiger partial charge in [0.15, 0.2) is 0 Å². The number of nitrogens with zero attached hydrogens (tertiary/aromatic N) is 1. The van der Waals surface area contributed by atoms with E-state index in [0.29, 0.717) is 32.4 Å². The van der Waals surface area contributed by atoms with Gasteiger partial charge in [-0.25, -0.2) is 0 Å². The molecule has 1 heterocycles. The van der Waals surface area contributed by atoms with Crippen LogP contribution in [0.1, 0.15) is 44.9 Å². The highest BCUT2D eigenvalue weighted by molar-refractivity contribution is 8.68. The molecular formula is C16H30N2O4S2. The fourth-order valence-electron chi connectivity index (χ4n) is 2.84. The Bertz CT molecular complexity index is 385. The second-order valence-corrected chi connectivity index (χ2v) is 7.51. The van der Waals surface area contributed by atoms with Crippen molar-refractivity contribution in [1.29, 1.82) is 0 Å². The van der Waals surface area contributed by atoms with Gasteiger partial charge in [0.2, 0.25) is 11.8 Å². The van der Waals surface area contributed by atoms with Gasteiger partial charge in [0.05, 0.1) is 18.8 Å². The summed E-state index contributed by atoms with van der Waals surface area (Å²) in [5.41, 5.74) is 0. The zero-order chi connectivity index (χ0) is 17.8. The molecule has 140 valence electrons. The second kappa shape index (κ2) is 12.9. The van der Waals surface area contributed by atoms with E-state index in [2.05, 4.69) is 17.0 Å². The number of carbonyl (C=O) groups is 2. The molecule has 1 saturated heterocycles. The van der Waals surface area contributed by atoms with Crippen molar-refractivity contribution in [2.45, 2.75) is 57.1 Å². The number of hydrogen-bond acceptors (Lipinski definition) is 6. The maximum Gasteiger partial charge on any atom is 0.222 e. The van der Waals surface area contributed by atoms with E-state index in [0.717, 1.165) is 31.4 Å². The number of aliphatic hydroxyl groups is 1. The van der Waals surface area contributed by atoms with Gasteiger partial charge >= 0.3 is 0 Å². The Hall–Kier alpha value is -0.440. The summed E-state index contributed by atoms with van der Waals surface area (Å²) in [6, 6.07) is -0.127. The molecule has 0 aromatic heterocycles. The Morgan fingerprint density at radius 3 is 2.71 bits per heavy atom. The SMILES string of the molecule is CO[C@H]1C[C@H](CO)N(C(=O)CCCCNC(=O)CCCCSS)C1. The van der Waals surface area contributed by atoms with Crippen LogP contribution in [0, 0.1) is 0 Å². The lowest BCUT2D eigenvalue weighted by Gasteiger charge is -2.22. The molecule has 2 atom stereocenters. The van der Waals surface area contributed by atoms with Crippen LogP contribution in [-0.2, 0) is 14.3 Å². The van der Waals surface area contributed by atoms with Gasteiger partial charge in [0.25, 0.3) is 0 Å². The molecule has 1 aliphatic rings. The maximum absolute atomic E-state index is 12.2. The Labute approximate surface area is 153 Å². The van der Waals surface area contributed by atoms with Crippen molar-refractivity contribution in [1.82, 2.24) is 10.2 Å². The number of amides is 2. The number of likely N-dealkylation sites (tertiary alicyclic amines) is 1. The number of carbonyl (C=O) groups excluding carboxylic acids is 2. The van der Waals surface area contributed by atoms with E-state index in [-0.39, 0.29) is 30.6 Å². The van der Waals surface area contributed by atoms with Crippen LogP contribution in [0.4, 0.5) is 0 Å². The zero-order valence-electron chi connectivity index (χ0n) is 14.4. The van der Waals surface area contributed by atoms with Gasteiger partial charge in [-0.3, -0.25) is 9.59 Å². The van der Waals surface area contributed by atoms with Gasteiger partial charge < -0.3 is 20.1 Å². The molecule has 0 aromatic rings. The predicted octanol–water partition coefficient (Wildman–Crippen LogP) is 1.63. The number of nitrogens with one attached hydrogen (secondary N) is 1. The highest BCUT2D eigenvalue weighted by atomic mass is 33.1. The van der Waals surface area contributed by atoms with Crippen LogP contribution >= 0.6 is 22.5 Å². The molecule has 0 spiro atoms. The van der Waals surface area contributed by atoms with Crippen molar-refractivity contribution < 1.29 is 19.4 Å². The third-order valence-corrected chi connectivity index (χ3v) is 5.29. The smallest absolute Gasteiger partial charge is 0.222 e. The van der Waals surface area contributed by atoms with Gasteiger partial charge in [-0.05, 0) is 32.1 Å². The summed E-state index contributed by atoms with van der Waals surface area (Å²) in [6.45, 7) is 1.15. The Morgan fingerprint density at radius 2 is 2.04 bits per heavy atom. The lowest BCUT2D eigenvalue weighted by molar-refractivity contribution is -0.133. The molecule has 2 N–H and O–H groups in total. The van der Waals surface area contributed by atoms with Crippen LogP contribution in [0.15, 0.2) is 0 Å². The topological polar surface area (TPSA) is 78.9 Å². The minimum atomic E-state index is -0.127. The van der Waals surface area contributed by atoms with Crippen LogP contribution in [0.3, 0.4) is 0 Å². The molecule has 0 radical (unpaired) electrons. The van der Waals surface area contributed by atoms with Crippen LogP contribution < -0.4 is 5.32 Å². The highest BCUT2D eigenvalue weighted by Crippen LogP contribution is 2.21. The van der Waals surface area contributed by atoms with Crippen LogP contribution in [-0.4, -0.2) is 66.5 Å². The monoisotopic (exact) mass is 378 g/mol. The molecule has 1 aliphatic heterocycles. The first kappa shape index (κ1) is 21.6. The summed E-state index contributed by atoms with van der Waals surface area (Å²) in [4.78, 5) is 25.6. The first-order valence-corrected chi connectivity index (χ1v) is 10.6. The van der Waals surface area contributed by atoms with E-state index in [1.165, 1.54) is 10.8 Å². The maximum atomic E-state index is 12.2. The molecule has 8 heteroatoms. The van der Waals surface area contributed by atoms with E-state index < -0.39 is 0 Å². The van der Waals surface area contributed by atoms with Crippen molar-refractivity contribution >= 4 is 34.3 Å². The minimum absolute atomic E-state index is 0.0198. The standard InChI is InChI=1S/C16H30N2O4S2/c1-22-14-10-13(12-19)18(11-14)16(21)7-2-4-8-17-15(20)6-3-5-9-24-23/h13-14,19,23H,2-12H2,1H3,(H,17,20)/t13-,14+/m1/s1. The summed E-state index contributed by atoms with van der Waals surface area (Å²) >= 11 is 4.06. The van der Waals surface area contributed by atoms with Crippen molar-refractivity contribution in [3.63, 3.8) is 0 Å². The van der Waals surface area contributed by atoms with Crippen molar-refractivity contribution in [2.75, 3.05) is 32.6 Å². The molecule has 0 aliphatic carbocycles. The van der Waals surface area contributed by atoms with E-state index in [1.54, 1.807) is 12.0 Å². The number of methoxy groups -OCH3 is 1. The minimum Gasteiger partial charge on any atom is -0.394 e. The van der Waals surface area contributed by atoms with Crippen LogP contribution in [0.25, 0.3) is 0 Å². The van der Waals surface area contributed by atoms with Crippen molar-refractivity contribution in [2.24, 2.45) is 0 Å². The molecule has 1 fully saturated rings. The average molecular weight is 379 g/mol. The molecule has 24 heavy (non-hydrogen) atoms. The van der Waals surface area contributed by atoms with E-state index in [4.69, 9.17) is 4.74 Å². The Balaban J connectivity index is 2.10. The van der Waals surface area contributed by atoms with Gasteiger partial charge in [0, 0.05) is 38.8 Å². The third-order valence-electron chi connectivity index (χ3n) is 4.27. The van der Waals surface area contributed by atoms with Gasteiger partial charge in [-0.15, -0.1) is 11.7 Å². The third kappa shape index (κ3) is 8.09. The molecule has 0 aromatic carbocycles. The van der Waals surface area contributed by atoms with E-state index in [9.17, 15) is 14.7 Å². The molecule has 0 bridgehead atoms. The second-order valence-electron chi connectivity index (χ2n) is 6.07. The molecule has 0 saturated carbocycles. The molecule has 2 amide bonds. The van der Waals surface area contributed by atoms with E-state index >= 15 is 0 Å². The summed E-state index contributed by atoms with van der Waals surface area (Å²) in [6.07, 6.45) is 5.12. The first-order valence-electron chi connectivity index (χ1n) is 8.58. The molecule has 6 nitrogen and oxygen atoms in total. The Kier molecular flexibility index (Phi) is 11.6. The van der Waals surface area contributed by atoms with Crippen molar-refractivity contribution in [3.05, 3.63) is 0 Å². The van der Waals surface area contributed by atoms with Crippen LogP contribution in [0.2, 0.25) is 0 Å². The predicted molar refractivity (Wildman–Crippen MR) is 100 cm³/mol. The van der Waals surface area contributed by atoms with Crippen LogP contribution in [0.5, 0.6) is 0 Å². The summed E-state index contributed by atoms with van der Waals surface area (Å²) in [5, 5.41) is 12.3. The number of unbranched alkanes of at least 4 members (excludes halogenated alkanes) is 2. The van der Waals surface area contributed by atoms with Gasteiger partial charge in [0.1, 0.15) is 0 Å². The van der Waals surface area contributed by atoms with Crippen molar-refractivity contribution in [3.8, 4) is 0 Å². The summed E-state index contributed by atoms with van der Waals surface area (Å²) in [5.74, 6) is 1.10. The fraction of sp³-hybridized carbons (Fsp3) is 0.875. The quantitative estimate of drug-likeness (QED) is 0.273. The van der Waals surface area contributed by atoms with E-state index in [1.807, 2.05) is 0 Å². The lowest BCUT2D eigenvalue weighted by atomic mass is 10.2. The molecule has 1 rings (SSSR count). The van der Waals surface area contributed by atoms with Gasteiger partial charge in [-0.2, -0.15) is 0 Å². The molecule has 0 unspecified atom stereocenters. The first-order chi connectivity index (χ1) is 11.6. The molecular weight excluding hydrogens is 348 g/mol. The summed E-state index contributed by atoms with van der Waals surface area (Å²) < 4.78 is 5.28. The Morgan fingerprint density at radius 1 is 1.29 bits per heavy atom. The highest BCUT2D eigenvalue weighted by Gasteiger charge is 2.34. The summed E-state index contributed by atoms with van der Waals surface area (Å²) in [7, 11) is 3.13. The number of ether oxygens (including phenoxy) is 1. The normalized spacial score (nSPS) is 20.4. The lowest BCUT2D eigenvalue weighted by Crippen LogP contribution is -2.38. The fourth-order valence-corrected chi connectivity index (χ4v) is 3.56. The number of thiol groups is 1. The average Bonchev–Trinajstić information content (AvgIpc) is 3.02. The largest absolute Gasteiger partial charge is 0.394 e. The number of aliphatic hydroxyl groups excluding tert-OH is 1. The number of rotatable bonds is 12.